The summed E-state index contributed by atoms with van der Waals surface area (Å²) in [5.41, 5.74) is 2.28. The Hall–Kier alpha value is -3.87. The number of halogens is 1. The maximum atomic E-state index is 12.0. The van der Waals surface area contributed by atoms with E-state index in [2.05, 4.69) is 25.7 Å². The van der Waals surface area contributed by atoms with E-state index < -0.39 is 0 Å². The summed E-state index contributed by atoms with van der Waals surface area (Å²) in [5, 5.41) is 19.3. The third kappa shape index (κ3) is 6.46. The van der Waals surface area contributed by atoms with E-state index in [1.54, 1.807) is 25.4 Å². The van der Waals surface area contributed by atoms with Crippen molar-refractivity contribution in [1.29, 1.82) is 0 Å². The van der Waals surface area contributed by atoms with E-state index in [4.69, 9.17) is 35.9 Å². The van der Waals surface area contributed by atoms with Crippen LogP contribution in [0.4, 0.5) is 11.6 Å². The zero-order valence-corrected chi connectivity index (χ0v) is 23.5. The first-order valence-electron chi connectivity index (χ1n) is 13.2. The fourth-order valence-electron chi connectivity index (χ4n) is 4.41. The molecule has 0 bridgehead atoms. The van der Waals surface area contributed by atoms with Crippen LogP contribution in [0, 0.1) is 0 Å². The Labute approximate surface area is 236 Å². The van der Waals surface area contributed by atoms with Gasteiger partial charge < -0.3 is 24.8 Å². The molecule has 2 aromatic carbocycles. The molecule has 0 unspecified atom stereocenters. The van der Waals surface area contributed by atoms with Crippen molar-refractivity contribution in [1.82, 2.24) is 35.2 Å². The van der Waals surface area contributed by atoms with Crippen LogP contribution in [0.1, 0.15) is 13.8 Å². The molecule has 0 aliphatic carbocycles. The van der Waals surface area contributed by atoms with Gasteiger partial charge in [0, 0.05) is 36.6 Å². The quantitative estimate of drug-likeness (QED) is 0.249. The minimum Gasteiger partial charge on any atom is -0.493 e. The zero-order chi connectivity index (χ0) is 28.1. The molecular formula is C27H33ClN8O4. The minimum atomic E-state index is -0.204. The molecule has 1 saturated heterocycles. The van der Waals surface area contributed by atoms with E-state index in [1.807, 2.05) is 36.7 Å². The van der Waals surface area contributed by atoms with Crippen molar-refractivity contribution < 1.29 is 19.0 Å². The van der Waals surface area contributed by atoms with Gasteiger partial charge in [0.2, 0.25) is 5.95 Å². The summed E-state index contributed by atoms with van der Waals surface area (Å²) in [6, 6.07) is 9.22. The van der Waals surface area contributed by atoms with E-state index in [1.165, 1.54) is 0 Å². The van der Waals surface area contributed by atoms with Crippen LogP contribution in [0.3, 0.4) is 0 Å². The zero-order valence-electron chi connectivity index (χ0n) is 22.7. The number of ether oxygens (including phenoxy) is 3. The molecule has 1 amide bonds. The van der Waals surface area contributed by atoms with E-state index >= 15 is 0 Å². The van der Waals surface area contributed by atoms with Crippen molar-refractivity contribution >= 4 is 40.0 Å². The topological polar surface area (TPSA) is 131 Å². The Bertz CT molecular complexity index is 1460. The van der Waals surface area contributed by atoms with Crippen molar-refractivity contribution in [3.63, 3.8) is 0 Å². The van der Waals surface area contributed by atoms with Gasteiger partial charge in [-0.05, 0) is 44.2 Å². The average molecular weight is 569 g/mol. The number of carbonyl (C=O) groups is 1. The first kappa shape index (κ1) is 27.7. The Balaban J connectivity index is 1.40. The van der Waals surface area contributed by atoms with Gasteiger partial charge in [0.1, 0.15) is 0 Å². The third-order valence-corrected chi connectivity index (χ3v) is 6.85. The summed E-state index contributed by atoms with van der Waals surface area (Å²) >= 11 is 6.68. The number of hydrogen-bond acceptors (Lipinski definition) is 9. The fraction of sp³-hybridized carbons (Fsp3) is 0.407. The van der Waals surface area contributed by atoms with Gasteiger partial charge in [-0.1, -0.05) is 11.6 Å². The van der Waals surface area contributed by atoms with Crippen LogP contribution in [-0.4, -0.2) is 88.4 Å². The van der Waals surface area contributed by atoms with Gasteiger partial charge in [-0.15, -0.1) is 5.10 Å². The number of methoxy groups -OCH3 is 1. The van der Waals surface area contributed by atoms with Gasteiger partial charge in [0.15, 0.2) is 23.9 Å². The number of aromatic amines is 1. The van der Waals surface area contributed by atoms with E-state index in [0.717, 1.165) is 49.3 Å². The predicted molar refractivity (Wildman–Crippen MR) is 152 cm³/mol. The number of carbonyl (C=O) groups excluding carboxylic acids is 1. The molecule has 3 N–H and O–H groups in total. The molecule has 1 fully saturated rings. The molecule has 0 atom stereocenters. The second kappa shape index (κ2) is 12.5. The number of benzene rings is 2. The lowest BCUT2D eigenvalue weighted by atomic mass is 10.2. The maximum Gasteiger partial charge on any atom is 0.258 e. The normalized spacial score (nSPS) is 14.0. The Morgan fingerprint density at radius 3 is 2.77 bits per heavy atom. The largest absolute Gasteiger partial charge is 0.493 e. The predicted octanol–water partition coefficient (Wildman–Crippen LogP) is 3.46. The molecular weight excluding hydrogens is 536 g/mol. The Morgan fingerprint density at radius 2 is 2.00 bits per heavy atom. The number of H-pyrrole nitrogens is 1. The number of morpholine rings is 1. The highest BCUT2D eigenvalue weighted by Crippen LogP contribution is 2.34. The van der Waals surface area contributed by atoms with Gasteiger partial charge in [-0.2, -0.15) is 10.1 Å². The van der Waals surface area contributed by atoms with Crippen molar-refractivity contribution in [2.24, 2.45) is 0 Å². The number of nitrogens with zero attached hydrogens (tertiary/aromatic N) is 5. The van der Waals surface area contributed by atoms with Crippen molar-refractivity contribution in [2.75, 3.05) is 51.9 Å². The molecule has 2 aromatic heterocycles. The molecule has 4 aromatic rings. The van der Waals surface area contributed by atoms with Crippen LogP contribution in [0.2, 0.25) is 5.02 Å². The summed E-state index contributed by atoms with van der Waals surface area (Å²) in [6.45, 7) is 8.29. The van der Waals surface area contributed by atoms with Crippen molar-refractivity contribution in [2.45, 2.75) is 26.4 Å². The van der Waals surface area contributed by atoms with Crippen LogP contribution < -0.4 is 20.1 Å². The molecule has 212 valence electrons. The molecule has 40 heavy (non-hydrogen) atoms. The SMILES string of the molecule is COc1cc(-c2nc(Nc3ccc4[nH]ncc4c3Cl)n(CCN3CCOCC3)n2)ccc1OCC(=O)NC(C)C. The number of anilines is 2. The molecule has 0 saturated carbocycles. The smallest absolute Gasteiger partial charge is 0.258 e. The average Bonchev–Trinajstić information content (AvgIpc) is 3.60. The molecule has 3 heterocycles. The number of nitrogens with one attached hydrogen (secondary N) is 3. The highest BCUT2D eigenvalue weighted by molar-refractivity contribution is 6.38. The van der Waals surface area contributed by atoms with Crippen LogP contribution in [0.15, 0.2) is 36.5 Å². The second-order valence-electron chi connectivity index (χ2n) is 9.70. The number of rotatable bonds is 11. The van der Waals surface area contributed by atoms with E-state index in [9.17, 15) is 4.79 Å². The lowest BCUT2D eigenvalue weighted by Gasteiger charge is -2.26. The van der Waals surface area contributed by atoms with Gasteiger partial charge >= 0.3 is 0 Å². The Morgan fingerprint density at radius 1 is 1.18 bits per heavy atom. The number of fused-ring (bicyclic) bond motifs is 1. The van der Waals surface area contributed by atoms with E-state index in [-0.39, 0.29) is 18.6 Å². The Kier molecular flexibility index (Phi) is 8.68. The monoisotopic (exact) mass is 568 g/mol. The lowest BCUT2D eigenvalue weighted by Crippen LogP contribution is -2.38. The minimum absolute atomic E-state index is 0.0316. The summed E-state index contributed by atoms with van der Waals surface area (Å²) in [6.07, 6.45) is 1.69. The summed E-state index contributed by atoms with van der Waals surface area (Å²) in [7, 11) is 1.55. The second-order valence-corrected chi connectivity index (χ2v) is 10.1. The number of aromatic nitrogens is 5. The number of amides is 1. The highest BCUT2D eigenvalue weighted by atomic mass is 35.5. The summed E-state index contributed by atoms with van der Waals surface area (Å²) < 4.78 is 18.6. The molecule has 12 nitrogen and oxygen atoms in total. The number of hydrogen-bond donors (Lipinski definition) is 3. The molecule has 1 aliphatic heterocycles. The van der Waals surface area contributed by atoms with Gasteiger partial charge in [-0.25, -0.2) is 4.68 Å². The van der Waals surface area contributed by atoms with Crippen LogP contribution in [-0.2, 0) is 16.1 Å². The molecule has 0 spiro atoms. The van der Waals surface area contributed by atoms with Crippen LogP contribution in [0.25, 0.3) is 22.3 Å². The standard InChI is InChI=1S/C27H33ClN8O4/c1-17(2)30-24(37)16-40-22-7-4-18(14-23(22)38-3)26-32-27(36(34-26)9-8-35-10-12-39-13-11-35)31-21-6-5-20-19(25(21)28)15-29-33-20/h4-7,14-15,17H,8-13,16H2,1-3H3,(H,29,33)(H,30,37)(H,31,32,34). The summed E-state index contributed by atoms with van der Waals surface area (Å²) in [4.78, 5) is 19.2. The van der Waals surface area contributed by atoms with Gasteiger partial charge in [0.25, 0.3) is 5.91 Å². The highest BCUT2D eigenvalue weighted by Gasteiger charge is 2.18. The molecule has 5 rings (SSSR count). The third-order valence-electron chi connectivity index (χ3n) is 6.44. The van der Waals surface area contributed by atoms with Gasteiger partial charge in [0.05, 0.1) is 49.3 Å². The first-order chi connectivity index (χ1) is 19.4. The van der Waals surface area contributed by atoms with Gasteiger partial charge in [-0.3, -0.25) is 14.8 Å². The van der Waals surface area contributed by atoms with Crippen LogP contribution >= 0.6 is 11.6 Å². The fourth-order valence-corrected chi connectivity index (χ4v) is 4.67. The van der Waals surface area contributed by atoms with E-state index in [0.29, 0.717) is 40.5 Å². The lowest BCUT2D eigenvalue weighted by molar-refractivity contribution is -0.123. The molecule has 0 radical (unpaired) electrons. The summed E-state index contributed by atoms with van der Waals surface area (Å²) in [5.74, 6) is 1.78. The molecule has 13 heteroatoms. The van der Waals surface area contributed by atoms with Crippen LogP contribution in [0.5, 0.6) is 11.5 Å². The van der Waals surface area contributed by atoms with Crippen molar-refractivity contribution in [3.05, 3.63) is 41.6 Å². The first-order valence-corrected chi connectivity index (χ1v) is 13.5. The maximum absolute atomic E-state index is 12.0. The molecule has 1 aliphatic rings. The van der Waals surface area contributed by atoms with Crippen molar-refractivity contribution in [3.8, 4) is 22.9 Å².